The van der Waals surface area contributed by atoms with Crippen LogP contribution in [-0.2, 0) is 6.42 Å². The first-order valence-corrected chi connectivity index (χ1v) is 12.8. The van der Waals surface area contributed by atoms with Crippen molar-refractivity contribution in [2.75, 3.05) is 0 Å². The third kappa shape index (κ3) is 3.66. The van der Waals surface area contributed by atoms with Gasteiger partial charge in [0.05, 0.1) is 5.92 Å². The number of hydrogen-bond donors (Lipinski definition) is 0. The molecule has 1 aromatic rings. The first-order chi connectivity index (χ1) is 14.7. The van der Waals surface area contributed by atoms with Gasteiger partial charge in [-0.2, -0.15) is 13.2 Å². The molecule has 4 fully saturated rings. The Bertz CT molecular complexity index is 770. The van der Waals surface area contributed by atoms with Crippen LogP contribution >= 0.6 is 0 Å². The minimum Gasteiger partial charge on any atom is -0.171 e. The highest BCUT2D eigenvalue weighted by atomic mass is 19.4. The lowest BCUT2D eigenvalue weighted by molar-refractivity contribution is -0.208. The van der Waals surface area contributed by atoms with Crippen molar-refractivity contribution in [1.29, 1.82) is 0 Å². The molecule has 0 aromatic heterocycles. The lowest BCUT2D eigenvalue weighted by Crippen LogP contribution is -2.54. The molecule has 0 aliphatic heterocycles. The molecule has 5 unspecified atom stereocenters. The van der Waals surface area contributed by atoms with Gasteiger partial charge in [0.25, 0.3) is 0 Å². The van der Waals surface area contributed by atoms with E-state index in [-0.39, 0.29) is 11.3 Å². The SMILES string of the molecule is C[C@]12CCC3C(CC[C@@H]4CC(C(F)(F)F)CC[C@]34C)C1CCC2CCc1ccccc1. The lowest BCUT2D eigenvalue weighted by Gasteiger charge is -2.61. The summed E-state index contributed by atoms with van der Waals surface area (Å²) in [6.45, 7) is 4.96. The van der Waals surface area contributed by atoms with Crippen molar-refractivity contribution in [3.8, 4) is 0 Å². The van der Waals surface area contributed by atoms with Crippen LogP contribution in [0.3, 0.4) is 0 Å². The summed E-state index contributed by atoms with van der Waals surface area (Å²) >= 11 is 0. The van der Waals surface area contributed by atoms with E-state index < -0.39 is 12.1 Å². The summed E-state index contributed by atoms with van der Waals surface area (Å²) in [5.74, 6) is 2.25. The van der Waals surface area contributed by atoms with Crippen molar-refractivity contribution in [2.45, 2.75) is 90.7 Å². The van der Waals surface area contributed by atoms with Gasteiger partial charge in [0.15, 0.2) is 0 Å². The maximum Gasteiger partial charge on any atom is 0.391 e. The molecule has 0 heterocycles. The van der Waals surface area contributed by atoms with Gasteiger partial charge in [0, 0.05) is 0 Å². The standard InChI is InChI=1S/C28H39F3/c1-26-17-15-25-23(12-10-21-18-22(28(29,30)31)14-16-27(21,25)2)24(26)13-11-20(26)9-8-19-6-4-3-5-7-19/h3-7,20-25H,8-18H2,1-2H3/t20?,21-,22?,23?,24?,25?,26-,27+/m1/s1. The van der Waals surface area contributed by atoms with Crippen LogP contribution in [0.4, 0.5) is 13.2 Å². The normalized spacial score (nSPS) is 44.9. The minimum atomic E-state index is -4.00. The summed E-state index contributed by atoms with van der Waals surface area (Å²) < 4.78 is 40.3. The van der Waals surface area contributed by atoms with E-state index in [1.54, 1.807) is 0 Å². The summed E-state index contributed by atoms with van der Waals surface area (Å²) in [6, 6.07) is 10.9. The van der Waals surface area contributed by atoms with Gasteiger partial charge in [0.2, 0.25) is 0 Å². The smallest absolute Gasteiger partial charge is 0.171 e. The molecule has 4 saturated carbocycles. The van der Waals surface area contributed by atoms with Crippen molar-refractivity contribution < 1.29 is 13.2 Å². The van der Waals surface area contributed by atoms with Crippen LogP contribution in [0.25, 0.3) is 0 Å². The van der Waals surface area contributed by atoms with Crippen molar-refractivity contribution in [3.63, 3.8) is 0 Å². The number of fused-ring (bicyclic) bond motifs is 5. The Morgan fingerprint density at radius 2 is 1.55 bits per heavy atom. The van der Waals surface area contributed by atoms with E-state index in [0.717, 1.165) is 30.6 Å². The number of aryl methyl sites for hydroxylation is 1. The van der Waals surface area contributed by atoms with Crippen molar-refractivity contribution in [2.24, 2.45) is 46.3 Å². The van der Waals surface area contributed by atoms with E-state index in [4.69, 9.17) is 0 Å². The molecular weight excluding hydrogens is 393 g/mol. The second-order valence-corrected chi connectivity index (χ2v) is 12.0. The Kier molecular flexibility index (Phi) is 5.50. The van der Waals surface area contributed by atoms with Gasteiger partial charge in [-0.1, -0.05) is 44.2 Å². The lowest BCUT2D eigenvalue weighted by atomic mass is 9.44. The molecule has 0 bridgehead atoms. The van der Waals surface area contributed by atoms with E-state index in [9.17, 15) is 13.2 Å². The molecule has 0 amide bonds. The summed E-state index contributed by atoms with van der Waals surface area (Å²) in [5.41, 5.74) is 2.05. The molecule has 0 spiro atoms. The van der Waals surface area contributed by atoms with Gasteiger partial charge < -0.3 is 0 Å². The molecular formula is C28H39F3. The molecule has 0 saturated heterocycles. The Morgan fingerprint density at radius 1 is 0.839 bits per heavy atom. The highest BCUT2D eigenvalue weighted by Crippen LogP contribution is 2.68. The fourth-order valence-electron chi connectivity index (χ4n) is 9.12. The van der Waals surface area contributed by atoms with Crippen LogP contribution in [-0.4, -0.2) is 6.18 Å². The predicted molar refractivity (Wildman–Crippen MR) is 120 cm³/mol. The Morgan fingerprint density at radius 3 is 2.29 bits per heavy atom. The summed E-state index contributed by atoms with van der Waals surface area (Å²) in [6.07, 6.45) is 7.49. The quantitative estimate of drug-likeness (QED) is 0.449. The molecule has 4 aliphatic carbocycles. The second-order valence-electron chi connectivity index (χ2n) is 12.0. The summed E-state index contributed by atoms with van der Waals surface area (Å²) in [5, 5.41) is 0. The third-order valence-corrected chi connectivity index (χ3v) is 10.9. The molecule has 1 aromatic carbocycles. The maximum absolute atomic E-state index is 13.4. The van der Waals surface area contributed by atoms with E-state index >= 15 is 0 Å². The van der Waals surface area contributed by atoms with Crippen LogP contribution in [0, 0.1) is 46.3 Å². The van der Waals surface area contributed by atoms with E-state index in [1.807, 2.05) is 0 Å². The van der Waals surface area contributed by atoms with Crippen LogP contribution in [0.1, 0.15) is 83.6 Å². The van der Waals surface area contributed by atoms with E-state index in [0.29, 0.717) is 24.2 Å². The fraction of sp³-hybridized carbons (Fsp3) is 0.786. The van der Waals surface area contributed by atoms with Crippen LogP contribution in [0.2, 0.25) is 0 Å². The predicted octanol–water partition coefficient (Wildman–Crippen LogP) is 8.46. The van der Waals surface area contributed by atoms with Gasteiger partial charge in [-0.05, 0) is 117 Å². The molecule has 0 N–H and O–H groups in total. The van der Waals surface area contributed by atoms with Crippen LogP contribution < -0.4 is 0 Å². The van der Waals surface area contributed by atoms with Crippen molar-refractivity contribution in [1.82, 2.24) is 0 Å². The highest BCUT2D eigenvalue weighted by molar-refractivity contribution is 5.16. The first kappa shape index (κ1) is 21.8. The summed E-state index contributed by atoms with van der Waals surface area (Å²) in [7, 11) is 0. The molecule has 0 radical (unpaired) electrons. The van der Waals surface area contributed by atoms with Gasteiger partial charge in [-0.3, -0.25) is 0 Å². The van der Waals surface area contributed by atoms with Gasteiger partial charge in [-0.25, -0.2) is 0 Å². The van der Waals surface area contributed by atoms with Gasteiger partial charge in [0.1, 0.15) is 0 Å². The molecule has 5 rings (SSSR count). The first-order valence-electron chi connectivity index (χ1n) is 12.8. The minimum absolute atomic E-state index is 0.147. The largest absolute Gasteiger partial charge is 0.391 e. The number of alkyl halides is 3. The molecule has 3 heteroatoms. The Hall–Kier alpha value is -0.990. The van der Waals surface area contributed by atoms with E-state index in [2.05, 4.69) is 44.2 Å². The number of benzene rings is 1. The third-order valence-electron chi connectivity index (χ3n) is 10.9. The molecule has 31 heavy (non-hydrogen) atoms. The Balaban J connectivity index is 1.29. The summed E-state index contributed by atoms with van der Waals surface area (Å²) in [4.78, 5) is 0. The zero-order chi connectivity index (χ0) is 21.9. The molecule has 4 aliphatic rings. The van der Waals surface area contributed by atoms with Crippen molar-refractivity contribution in [3.05, 3.63) is 35.9 Å². The maximum atomic E-state index is 13.4. The van der Waals surface area contributed by atoms with Crippen LogP contribution in [0.15, 0.2) is 30.3 Å². The van der Waals surface area contributed by atoms with Gasteiger partial charge >= 0.3 is 6.18 Å². The average Bonchev–Trinajstić information content (AvgIpc) is 3.08. The molecule has 172 valence electrons. The number of rotatable bonds is 3. The van der Waals surface area contributed by atoms with Crippen LogP contribution in [0.5, 0.6) is 0 Å². The van der Waals surface area contributed by atoms with Gasteiger partial charge in [-0.15, -0.1) is 0 Å². The van der Waals surface area contributed by atoms with E-state index in [1.165, 1.54) is 50.5 Å². The molecule has 0 nitrogen and oxygen atoms in total. The number of halogens is 3. The fourth-order valence-corrected chi connectivity index (χ4v) is 9.12. The average molecular weight is 433 g/mol. The topological polar surface area (TPSA) is 0 Å². The zero-order valence-electron chi connectivity index (χ0n) is 19.3. The Labute approximate surface area is 186 Å². The zero-order valence-corrected chi connectivity index (χ0v) is 19.3. The number of hydrogen-bond acceptors (Lipinski definition) is 0. The molecule has 8 atom stereocenters. The van der Waals surface area contributed by atoms with Crippen molar-refractivity contribution >= 4 is 0 Å². The monoisotopic (exact) mass is 432 g/mol. The second kappa shape index (κ2) is 7.80. The highest BCUT2D eigenvalue weighted by Gasteiger charge is 2.61.